The number of benzene rings is 1. The lowest BCUT2D eigenvalue weighted by molar-refractivity contribution is -0.137. The van der Waals surface area contributed by atoms with Gasteiger partial charge in [0.2, 0.25) is 0 Å². The monoisotopic (exact) mass is 302 g/mol. The fraction of sp³-hybridized carbons (Fsp3) is 0.412. The Bertz CT molecular complexity index is 661. The Morgan fingerprint density at radius 1 is 1.14 bits per heavy atom. The highest BCUT2D eigenvalue weighted by Crippen LogP contribution is 2.16. The SMILES string of the molecule is Cc1ccc2cc(C(=O)NCCCCCCC(=O)O)[nH]c2c1. The van der Waals surface area contributed by atoms with Crippen molar-refractivity contribution in [3.05, 3.63) is 35.5 Å². The van der Waals surface area contributed by atoms with E-state index in [0.717, 1.165) is 35.7 Å². The standard InChI is InChI=1S/C17H22N2O3/c1-12-7-8-13-11-15(19-14(13)10-12)17(22)18-9-5-3-2-4-6-16(20)21/h7-8,10-11,19H,2-6,9H2,1H3,(H,18,22)(H,20,21). The third kappa shape index (κ3) is 4.62. The molecular formula is C17H22N2O3. The zero-order valence-corrected chi connectivity index (χ0v) is 12.8. The van der Waals surface area contributed by atoms with Gasteiger partial charge in [-0.2, -0.15) is 0 Å². The zero-order valence-electron chi connectivity index (χ0n) is 12.8. The molecule has 1 heterocycles. The van der Waals surface area contributed by atoms with Crippen LogP contribution in [0.25, 0.3) is 10.9 Å². The Hall–Kier alpha value is -2.30. The highest BCUT2D eigenvalue weighted by molar-refractivity contribution is 5.98. The summed E-state index contributed by atoms with van der Waals surface area (Å²) in [5, 5.41) is 12.5. The first-order valence-corrected chi connectivity index (χ1v) is 7.65. The molecule has 1 aromatic carbocycles. The minimum Gasteiger partial charge on any atom is -0.481 e. The molecule has 0 aliphatic heterocycles. The van der Waals surface area contributed by atoms with E-state index in [-0.39, 0.29) is 12.3 Å². The van der Waals surface area contributed by atoms with E-state index >= 15 is 0 Å². The number of aliphatic carboxylic acids is 1. The third-order valence-corrected chi connectivity index (χ3v) is 3.63. The van der Waals surface area contributed by atoms with Crippen LogP contribution in [0.15, 0.2) is 24.3 Å². The molecular weight excluding hydrogens is 280 g/mol. The van der Waals surface area contributed by atoms with Gasteiger partial charge in [-0.3, -0.25) is 9.59 Å². The summed E-state index contributed by atoms with van der Waals surface area (Å²) in [7, 11) is 0. The van der Waals surface area contributed by atoms with Crippen molar-refractivity contribution < 1.29 is 14.7 Å². The number of carbonyl (C=O) groups excluding carboxylic acids is 1. The Kier molecular flexibility index (Phi) is 5.58. The van der Waals surface area contributed by atoms with Gasteiger partial charge in [-0.25, -0.2) is 0 Å². The molecule has 1 amide bonds. The summed E-state index contributed by atoms with van der Waals surface area (Å²) in [5.41, 5.74) is 2.70. The van der Waals surface area contributed by atoms with Crippen LogP contribution in [0.2, 0.25) is 0 Å². The number of fused-ring (bicyclic) bond motifs is 1. The molecule has 0 aliphatic rings. The van der Waals surface area contributed by atoms with Crippen molar-refractivity contribution in [3.8, 4) is 0 Å². The zero-order chi connectivity index (χ0) is 15.9. The maximum absolute atomic E-state index is 12.1. The van der Waals surface area contributed by atoms with Gasteiger partial charge < -0.3 is 15.4 Å². The fourth-order valence-corrected chi connectivity index (χ4v) is 2.42. The van der Waals surface area contributed by atoms with E-state index in [2.05, 4.69) is 10.3 Å². The normalized spacial score (nSPS) is 10.8. The minimum absolute atomic E-state index is 0.0978. The Labute approximate surface area is 129 Å². The summed E-state index contributed by atoms with van der Waals surface area (Å²) in [6.07, 6.45) is 3.60. The van der Waals surface area contributed by atoms with Crippen LogP contribution in [0, 0.1) is 6.92 Å². The van der Waals surface area contributed by atoms with Crippen molar-refractivity contribution in [2.45, 2.75) is 39.0 Å². The van der Waals surface area contributed by atoms with Crippen molar-refractivity contribution in [1.29, 1.82) is 0 Å². The molecule has 0 radical (unpaired) electrons. The first-order valence-electron chi connectivity index (χ1n) is 7.65. The lowest BCUT2D eigenvalue weighted by Gasteiger charge is -2.03. The van der Waals surface area contributed by atoms with E-state index in [9.17, 15) is 9.59 Å². The number of rotatable bonds is 8. The quantitative estimate of drug-likeness (QED) is 0.655. The largest absolute Gasteiger partial charge is 0.481 e. The van der Waals surface area contributed by atoms with Gasteiger partial charge in [-0.1, -0.05) is 25.0 Å². The minimum atomic E-state index is -0.748. The van der Waals surface area contributed by atoms with Crippen LogP contribution in [-0.2, 0) is 4.79 Å². The van der Waals surface area contributed by atoms with E-state index in [1.165, 1.54) is 0 Å². The number of aromatic amines is 1. The first-order chi connectivity index (χ1) is 10.6. The molecule has 118 valence electrons. The molecule has 0 saturated carbocycles. The van der Waals surface area contributed by atoms with Gasteiger partial charge in [0.15, 0.2) is 0 Å². The number of carbonyl (C=O) groups is 2. The number of nitrogens with one attached hydrogen (secondary N) is 2. The number of amides is 1. The lowest BCUT2D eigenvalue weighted by Crippen LogP contribution is -2.24. The molecule has 1 aromatic heterocycles. The van der Waals surface area contributed by atoms with Gasteiger partial charge in [0.05, 0.1) is 0 Å². The molecule has 5 heteroatoms. The van der Waals surface area contributed by atoms with Gasteiger partial charge >= 0.3 is 5.97 Å². The van der Waals surface area contributed by atoms with Crippen LogP contribution >= 0.6 is 0 Å². The second-order valence-corrected chi connectivity index (χ2v) is 5.59. The van der Waals surface area contributed by atoms with Crippen molar-refractivity contribution in [3.63, 3.8) is 0 Å². The van der Waals surface area contributed by atoms with Gasteiger partial charge in [0.1, 0.15) is 5.69 Å². The van der Waals surface area contributed by atoms with E-state index in [0.29, 0.717) is 18.7 Å². The Balaban J connectivity index is 1.73. The highest BCUT2D eigenvalue weighted by atomic mass is 16.4. The maximum Gasteiger partial charge on any atom is 0.303 e. The van der Waals surface area contributed by atoms with Crippen LogP contribution in [0.4, 0.5) is 0 Å². The van der Waals surface area contributed by atoms with E-state index in [1.807, 2.05) is 31.2 Å². The molecule has 5 nitrogen and oxygen atoms in total. The summed E-state index contributed by atoms with van der Waals surface area (Å²) < 4.78 is 0. The average Bonchev–Trinajstić information content (AvgIpc) is 2.88. The number of aryl methyl sites for hydroxylation is 1. The van der Waals surface area contributed by atoms with Crippen LogP contribution in [0.5, 0.6) is 0 Å². The molecule has 0 aliphatic carbocycles. The summed E-state index contributed by atoms with van der Waals surface area (Å²) in [5.74, 6) is -0.846. The predicted octanol–water partition coefficient (Wildman–Crippen LogP) is 3.24. The second-order valence-electron chi connectivity index (χ2n) is 5.59. The van der Waals surface area contributed by atoms with Crippen LogP contribution < -0.4 is 5.32 Å². The Morgan fingerprint density at radius 3 is 2.68 bits per heavy atom. The second kappa shape index (κ2) is 7.64. The smallest absolute Gasteiger partial charge is 0.303 e. The molecule has 0 saturated heterocycles. The molecule has 2 aromatic rings. The highest BCUT2D eigenvalue weighted by Gasteiger charge is 2.08. The molecule has 0 unspecified atom stereocenters. The summed E-state index contributed by atoms with van der Waals surface area (Å²) >= 11 is 0. The van der Waals surface area contributed by atoms with Crippen molar-refractivity contribution >= 4 is 22.8 Å². The summed E-state index contributed by atoms with van der Waals surface area (Å²) in [6, 6.07) is 7.90. The lowest BCUT2D eigenvalue weighted by atomic mass is 10.1. The van der Waals surface area contributed by atoms with Gasteiger partial charge in [0.25, 0.3) is 5.91 Å². The van der Waals surface area contributed by atoms with Crippen molar-refractivity contribution in [1.82, 2.24) is 10.3 Å². The number of carboxylic acid groups (broad SMARTS) is 1. The number of hydrogen-bond acceptors (Lipinski definition) is 2. The predicted molar refractivity (Wildman–Crippen MR) is 86.1 cm³/mol. The number of hydrogen-bond donors (Lipinski definition) is 3. The number of aromatic nitrogens is 1. The molecule has 2 rings (SSSR count). The van der Waals surface area contributed by atoms with Crippen molar-refractivity contribution in [2.24, 2.45) is 0 Å². The molecule has 0 spiro atoms. The summed E-state index contributed by atoms with van der Waals surface area (Å²) in [6.45, 7) is 2.63. The number of carboxylic acids is 1. The molecule has 0 bridgehead atoms. The average molecular weight is 302 g/mol. The molecule has 22 heavy (non-hydrogen) atoms. The van der Waals surface area contributed by atoms with Crippen LogP contribution in [0.1, 0.15) is 48.2 Å². The first kappa shape index (κ1) is 16.1. The number of H-pyrrole nitrogens is 1. The van der Waals surface area contributed by atoms with Gasteiger partial charge in [-0.15, -0.1) is 0 Å². The van der Waals surface area contributed by atoms with Gasteiger partial charge in [-0.05, 0) is 37.5 Å². The van der Waals surface area contributed by atoms with Crippen LogP contribution in [0.3, 0.4) is 0 Å². The molecule has 3 N–H and O–H groups in total. The topological polar surface area (TPSA) is 82.2 Å². The molecule has 0 atom stereocenters. The Morgan fingerprint density at radius 2 is 1.91 bits per heavy atom. The van der Waals surface area contributed by atoms with E-state index in [4.69, 9.17) is 5.11 Å². The molecule has 0 fully saturated rings. The third-order valence-electron chi connectivity index (χ3n) is 3.63. The fourth-order valence-electron chi connectivity index (χ4n) is 2.42. The number of unbranched alkanes of at least 4 members (excludes halogenated alkanes) is 3. The van der Waals surface area contributed by atoms with E-state index in [1.54, 1.807) is 0 Å². The van der Waals surface area contributed by atoms with Crippen molar-refractivity contribution in [2.75, 3.05) is 6.54 Å². The van der Waals surface area contributed by atoms with Crippen LogP contribution in [-0.4, -0.2) is 28.5 Å². The van der Waals surface area contributed by atoms with Gasteiger partial charge in [0, 0.05) is 23.9 Å². The summed E-state index contributed by atoms with van der Waals surface area (Å²) in [4.78, 5) is 25.6. The maximum atomic E-state index is 12.1. The van der Waals surface area contributed by atoms with E-state index < -0.39 is 5.97 Å².